The van der Waals surface area contributed by atoms with Crippen molar-refractivity contribution in [2.75, 3.05) is 0 Å². The van der Waals surface area contributed by atoms with E-state index in [0.29, 0.717) is 12.8 Å². The minimum Gasteiger partial charge on any atom is -0.504 e. The Morgan fingerprint density at radius 1 is 1.28 bits per heavy atom. The molecule has 1 fully saturated rings. The molecule has 1 saturated carbocycles. The van der Waals surface area contributed by atoms with Gasteiger partial charge in [-0.05, 0) is 31.9 Å². The van der Waals surface area contributed by atoms with E-state index in [2.05, 4.69) is 0 Å². The standard InChI is InChI=1S/C12H14F3NO2/c1-6(16)11(4-5-11)9-7(12(13,14)15)2-3-8(17)10(9)18/h2-3,6,17-18H,4-5,16H2,1H3. The molecule has 1 unspecified atom stereocenters. The van der Waals surface area contributed by atoms with Crippen LogP contribution in [0, 0.1) is 0 Å². The van der Waals surface area contributed by atoms with Gasteiger partial charge in [0.15, 0.2) is 11.5 Å². The molecule has 0 heterocycles. The Labute approximate surface area is 102 Å². The highest BCUT2D eigenvalue weighted by atomic mass is 19.4. The molecule has 0 bridgehead atoms. The first-order valence-electron chi connectivity index (χ1n) is 5.58. The summed E-state index contributed by atoms with van der Waals surface area (Å²) in [5, 5.41) is 19.2. The minimum atomic E-state index is -4.58. The normalized spacial score (nSPS) is 19.6. The SMILES string of the molecule is CC(N)C1(c2c(C(F)(F)F)ccc(O)c2O)CC1. The van der Waals surface area contributed by atoms with Crippen molar-refractivity contribution < 1.29 is 23.4 Å². The Balaban J connectivity index is 2.68. The van der Waals surface area contributed by atoms with Crippen LogP contribution in [0.4, 0.5) is 13.2 Å². The fraction of sp³-hybridized carbons (Fsp3) is 0.500. The summed E-state index contributed by atoms with van der Waals surface area (Å²) >= 11 is 0. The quantitative estimate of drug-likeness (QED) is 0.716. The summed E-state index contributed by atoms with van der Waals surface area (Å²) in [7, 11) is 0. The van der Waals surface area contributed by atoms with Crippen molar-refractivity contribution in [3.63, 3.8) is 0 Å². The number of halogens is 3. The molecule has 1 aliphatic carbocycles. The van der Waals surface area contributed by atoms with Crippen molar-refractivity contribution in [1.29, 1.82) is 0 Å². The second kappa shape index (κ2) is 3.78. The van der Waals surface area contributed by atoms with E-state index in [0.717, 1.165) is 12.1 Å². The van der Waals surface area contributed by atoms with Gasteiger partial charge in [-0.1, -0.05) is 0 Å². The Kier molecular flexibility index (Phi) is 2.73. The molecule has 0 radical (unpaired) electrons. The number of benzene rings is 1. The second-order valence-corrected chi connectivity index (χ2v) is 4.80. The molecule has 3 nitrogen and oxygen atoms in total. The molecule has 1 aromatic carbocycles. The number of phenolic OH excluding ortho intramolecular Hbond substituents is 2. The maximum atomic E-state index is 12.9. The zero-order valence-corrected chi connectivity index (χ0v) is 9.75. The zero-order chi connectivity index (χ0) is 13.7. The average molecular weight is 261 g/mol. The van der Waals surface area contributed by atoms with Gasteiger partial charge in [-0.3, -0.25) is 0 Å². The monoisotopic (exact) mass is 261 g/mol. The van der Waals surface area contributed by atoms with Crippen molar-refractivity contribution in [2.24, 2.45) is 5.73 Å². The van der Waals surface area contributed by atoms with Crippen LogP contribution in [0.15, 0.2) is 12.1 Å². The van der Waals surface area contributed by atoms with Crippen LogP contribution in [0.2, 0.25) is 0 Å². The van der Waals surface area contributed by atoms with Gasteiger partial charge in [0.2, 0.25) is 0 Å². The van der Waals surface area contributed by atoms with Crippen LogP contribution in [0.5, 0.6) is 11.5 Å². The predicted molar refractivity (Wildman–Crippen MR) is 59.3 cm³/mol. The molecule has 0 spiro atoms. The zero-order valence-electron chi connectivity index (χ0n) is 9.75. The van der Waals surface area contributed by atoms with E-state index < -0.39 is 34.7 Å². The Morgan fingerprint density at radius 2 is 1.83 bits per heavy atom. The average Bonchev–Trinajstić information content (AvgIpc) is 3.01. The van der Waals surface area contributed by atoms with Crippen molar-refractivity contribution in [3.05, 3.63) is 23.3 Å². The number of alkyl halides is 3. The first kappa shape index (κ1) is 13.0. The topological polar surface area (TPSA) is 66.5 Å². The highest BCUT2D eigenvalue weighted by molar-refractivity contribution is 5.56. The van der Waals surface area contributed by atoms with Gasteiger partial charge in [-0.25, -0.2) is 0 Å². The summed E-state index contributed by atoms with van der Waals surface area (Å²) in [6, 6.07) is 1.11. The number of rotatable bonds is 2. The number of nitrogens with two attached hydrogens (primary N) is 1. The number of hydrogen-bond donors (Lipinski definition) is 3. The number of hydrogen-bond acceptors (Lipinski definition) is 3. The molecule has 6 heteroatoms. The smallest absolute Gasteiger partial charge is 0.416 e. The molecular formula is C12H14F3NO2. The number of aromatic hydroxyl groups is 2. The van der Waals surface area contributed by atoms with Crippen LogP contribution in [0.1, 0.15) is 30.9 Å². The molecule has 2 rings (SSSR count). The molecular weight excluding hydrogens is 247 g/mol. The molecule has 0 saturated heterocycles. The highest BCUT2D eigenvalue weighted by Crippen LogP contribution is 2.57. The first-order chi connectivity index (χ1) is 8.20. The summed E-state index contributed by atoms with van der Waals surface area (Å²) in [5.74, 6) is -1.26. The molecule has 100 valence electrons. The predicted octanol–water partition coefficient (Wildman–Crippen LogP) is 2.50. The molecule has 4 N–H and O–H groups in total. The third-order valence-electron chi connectivity index (χ3n) is 3.62. The third-order valence-corrected chi connectivity index (χ3v) is 3.62. The van der Waals surface area contributed by atoms with Gasteiger partial charge in [-0.15, -0.1) is 0 Å². The van der Waals surface area contributed by atoms with Gasteiger partial charge in [0, 0.05) is 17.0 Å². The lowest BCUT2D eigenvalue weighted by molar-refractivity contribution is -0.138. The maximum Gasteiger partial charge on any atom is 0.416 e. The van der Waals surface area contributed by atoms with Crippen LogP contribution in [0.3, 0.4) is 0 Å². The van der Waals surface area contributed by atoms with Gasteiger partial charge in [0.1, 0.15) is 0 Å². The lowest BCUT2D eigenvalue weighted by atomic mass is 9.85. The summed E-state index contributed by atoms with van der Waals surface area (Å²) in [5.41, 5.74) is 3.66. The molecule has 1 aromatic rings. The first-order valence-corrected chi connectivity index (χ1v) is 5.58. The van der Waals surface area contributed by atoms with Gasteiger partial charge < -0.3 is 15.9 Å². The molecule has 0 aromatic heterocycles. The molecule has 0 aliphatic heterocycles. The van der Waals surface area contributed by atoms with Crippen LogP contribution in [-0.2, 0) is 11.6 Å². The van der Waals surface area contributed by atoms with E-state index in [1.165, 1.54) is 0 Å². The van der Waals surface area contributed by atoms with E-state index in [-0.39, 0.29) is 5.56 Å². The minimum absolute atomic E-state index is 0.273. The summed E-state index contributed by atoms with van der Waals surface area (Å²) < 4.78 is 38.8. The van der Waals surface area contributed by atoms with Crippen LogP contribution in [0.25, 0.3) is 0 Å². The van der Waals surface area contributed by atoms with Gasteiger partial charge in [0.25, 0.3) is 0 Å². The van der Waals surface area contributed by atoms with Crippen LogP contribution in [-0.4, -0.2) is 16.3 Å². The molecule has 18 heavy (non-hydrogen) atoms. The van der Waals surface area contributed by atoms with Gasteiger partial charge in [-0.2, -0.15) is 13.2 Å². The van der Waals surface area contributed by atoms with E-state index >= 15 is 0 Å². The molecule has 1 atom stereocenters. The van der Waals surface area contributed by atoms with Gasteiger partial charge in [0.05, 0.1) is 5.56 Å². The largest absolute Gasteiger partial charge is 0.504 e. The number of phenols is 2. The van der Waals surface area contributed by atoms with Crippen molar-refractivity contribution in [2.45, 2.75) is 37.4 Å². The van der Waals surface area contributed by atoms with Crippen LogP contribution < -0.4 is 5.73 Å². The second-order valence-electron chi connectivity index (χ2n) is 4.80. The van der Waals surface area contributed by atoms with Gasteiger partial charge >= 0.3 is 6.18 Å². The lowest BCUT2D eigenvalue weighted by Gasteiger charge is -2.25. The molecule has 0 amide bonds. The molecule has 1 aliphatic rings. The fourth-order valence-corrected chi connectivity index (χ4v) is 2.39. The Morgan fingerprint density at radius 3 is 2.22 bits per heavy atom. The Bertz CT molecular complexity index is 479. The Hall–Kier alpha value is -1.43. The maximum absolute atomic E-state index is 12.9. The van der Waals surface area contributed by atoms with Crippen LogP contribution >= 0.6 is 0 Å². The third kappa shape index (κ3) is 1.80. The van der Waals surface area contributed by atoms with E-state index in [1.807, 2.05) is 0 Å². The van der Waals surface area contributed by atoms with E-state index in [1.54, 1.807) is 6.92 Å². The fourth-order valence-electron chi connectivity index (χ4n) is 2.39. The van der Waals surface area contributed by atoms with E-state index in [4.69, 9.17) is 5.73 Å². The van der Waals surface area contributed by atoms with Crippen molar-refractivity contribution in [3.8, 4) is 11.5 Å². The van der Waals surface area contributed by atoms with Crippen molar-refractivity contribution >= 4 is 0 Å². The summed E-state index contributed by atoms with van der Waals surface area (Å²) in [4.78, 5) is 0. The lowest BCUT2D eigenvalue weighted by Crippen LogP contribution is -2.33. The highest BCUT2D eigenvalue weighted by Gasteiger charge is 2.53. The summed E-state index contributed by atoms with van der Waals surface area (Å²) in [6.07, 6.45) is -3.62. The summed E-state index contributed by atoms with van der Waals surface area (Å²) in [6.45, 7) is 1.61. The van der Waals surface area contributed by atoms with E-state index in [9.17, 15) is 23.4 Å². The van der Waals surface area contributed by atoms with Crippen molar-refractivity contribution in [1.82, 2.24) is 0 Å².